The number of oxime groups is 1. The van der Waals surface area contributed by atoms with Crippen molar-refractivity contribution in [2.45, 2.75) is 77.9 Å². The maximum atomic E-state index is 12.1. The molecule has 1 amide bonds. The molecular formula is C27H37N3O3. The number of fused-ring (bicyclic) bond motifs is 5. The average Bonchev–Trinajstić information content (AvgIpc) is 3.13. The van der Waals surface area contributed by atoms with E-state index in [9.17, 15) is 9.90 Å². The lowest BCUT2D eigenvalue weighted by atomic mass is 9.47. The van der Waals surface area contributed by atoms with Crippen molar-refractivity contribution in [2.75, 3.05) is 6.61 Å². The molecule has 4 aliphatic rings. The van der Waals surface area contributed by atoms with Gasteiger partial charge < -0.3 is 15.3 Å². The fraction of sp³-hybridized carbons (Fsp3) is 0.667. The highest BCUT2D eigenvalue weighted by molar-refractivity contribution is 5.96. The first kappa shape index (κ1) is 22.6. The number of carbonyl (C=O) groups is 1. The maximum Gasteiger partial charge on any atom is 0.261 e. The highest BCUT2D eigenvalue weighted by atomic mass is 16.6. The number of hydrogen-bond donors (Lipinski definition) is 2. The summed E-state index contributed by atoms with van der Waals surface area (Å²) in [6, 6.07) is 3.76. The zero-order valence-corrected chi connectivity index (χ0v) is 19.9. The van der Waals surface area contributed by atoms with Crippen LogP contribution in [0.4, 0.5) is 0 Å². The molecule has 2 N–H and O–H groups in total. The van der Waals surface area contributed by atoms with Gasteiger partial charge in [0.05, 0.1) is 11.8 Å². The minimum atomic E-state index is -0.172. The number of aromatic nitrogens is 1. The number of hydrogen-bond acceptors (Lipinski definition) is 5. The Morgan fingerprint density at radius 3 is 2.79 bits per heavy atom. The number of aliphatic hydroxyl groups excluding tert-OH is 1. The monoisotopic (exact) mass is 451 g/mol. The number of pyridine rings is 1. The topological polar surface area (TPSA) is 83.8 Å². The van der Waals surface area contributed by atoms with Crippen LogP contribution in [0.25, 0.3) is 0 Å². The molecular weight excluding hydrogens is 414 g/mol. The normalized spacial score (nSPS) is 38.6. The zero-order chi connectivity index (χ0) is 23.1. The summed E-state index contributed by atoms with van der Waals surface area (Å²) in [6.07, 6.45) is 14.5. The third kappa shape index (κ3) is 4.11. The van der Waals surface area contributed by atoms with Crippen LogP contribution >= 0.6 is 0 Å². The lowest BCUT2D eigenvalue weighted by Crippen LogP contribution is -2.51. The Morgan fingerprint density at radius 2 is 1.97 bits per heavy atom. The van der Waals surface area contributed by atoms with Gasteiger partial charge in [0.25, 0.3) is 5.91 Å². The number of rotatable bonds is 5. The lowest BCUT2D eigenvalue weighted by molar-refractivity contribution is -0.125. The van der Waals surface area contributed by atoms with E-state index in [2.05, 4.69) is 35.4 Å². The second-order valence-electron chi connectivity index (χ2n) is 11.1. The molecule has 0 aliphatic heterocycles. The second kappa shape index (κ2) is 8.86. The molecule has 1 aromatic heterocycles. The Kier molecular flexibility index (Phi) is 6.06. The van der Waals surface area contributed by atoms with Gasteiger partial charge >= 0.3 is 0 Å². The van der Waals surface area contributed by atoms with Crippen LogP contribution in [0, 0.1) is 28.6 Å². The number of aliphatic hydroxyl groups is 1. The van der Waals surface area contributed by atoms with E-state index < -0.39 is 0 Å². The van der Waals surface area contributed by atoms with Gasteiger partial charge in [0.1, 0.15) is 0 Å². The summed E-state index contributed by atoms with van der Waals surface area (Å²) >= 11 is 0. The van der Waals surface area contributed by atoms with Gasteiger partial charge in [-0.25, -0.2) is 0 Å². The summed E-state index contributed by atoms with van der Waals surface area (Å²) < 4.78 is 0. The van der Waals surface area contributed by atoms with Gasteiger partial charge in [-0.1, -0.05) is 24.6 Å². The first-order valence-corrected chi connectivity index (χ1v) is 12.6. The zero-order valence-electron chi connectivity index (χ0n) is 19.9. The van der Waals surface area contributed by atoms with Gasteiger partial charge in [0, 0.05) is 18.9 Å². The summed E-state index contributed by atoms with van der Waals surface area (Å²) in [5.74, 6) is 1.95. The van der Waals surface area contributed by atoms with Crippen LogP contribution in [0.15, 0.2) is 41.3 Å². The van der Waals surface area contributed by atoms with Crippen molar-refractivity contribution in [3.05, 3.63) is 41.7 Å². The van der Waals surface area contributed by atoms with Crippen molar-refractivity contribution < 1.29 is 14.7 Å². The first-order chi connectivity index (χ1) is 15.9. The van der Waals surface area contributed by atoms with Crippen molar-refractivity contribution in [2.24, 2.45) is 33.7 Å². The number of amides is 1. The molecule has 0 spiro atoms. The predicted octanol–water partition coefficient (Wildman–Crippen LogP) is 4.39. The highest BCUT2D eigenvalue weighted by Gasteiger charge is 2.58. The number of nitrogens with one attached hydrogen (secondary N) is 1. The van der Waals surface area contributed by atoms with E-state index >= 15 is 0 Å². The van der Waals surface area contributed by atoms with E-state index in [1.807, 2.05) is 12.1 Å². The van der Waals surface area contributed by atoms with Gasteiger partial charge in [-0.05, 0) is 104 Å². The molecule has 0 radical (unpaired) electrons. The first-order valence-electron chi connectivity index (χ1n) is 12.6. The lowest BCUT2D eigenvalue weighted by Gasteiger charge is -2.57. The van der Waals surface area contributed by atoms with Crippen molar-refractivity contribution in [1.29, 1.82) is 0 Å². The molecule has 0 unspecified atom stereocenters. The second-order valence-corrected chi connectivity index (χ2v) is 11.1. The molecule has 4 aliphatic carbocycles. The van der Waals surface area contributed by atoms with E-state index in [1.165, 1.54) is 24.8 Å². The standard InChI is InChI=1S/C27H37N3O3/c1-26-11-7-20(30-33-17-25(32)29-16-18-9-13-28-14-10-18)15-19(26)3-4-21-22-5-6-24(31)27(22,2)12-8-23(21)26/h9-10,13-15,21-24,31H,3-8,11-12,16-17H2,1-2H3,(H,29,32)/t21-,22+,23+,24+,26+,27+/m1/s1. The fourth-order valence-corrected chi connectivity index (χ4v) is 7.54. The molecule has 3 saturated carbocycles. The largest absolute Gasteiger partial charge is 0.393 e. The third-order valence-corrected chi connectivity index (χ3v) is 9.54. The molecule has 5 rings (SSSR count). The van der Waals surface area contributed by atoms with Crippen LogP contribution < -0.4 is 5.32 Å². The van der Waals surface area contributed by atoms with E-state index in [1.54, 1.807) is 12.4 Å². The quantitative estimate of drug-likeness (QED) is 0.650. The van der Waals surface area contributed by atoms with Crippen LogP contribution in [-0.4, -0.2) is 34.4 Å². The minimum absolute atomic E-state index is 0.0671. The van der Waals surface area contributed by atoms with Crippen molar-refractivity contribution >= 4 is 11.6 Å². The van der Waals surface area contributed by atoms with Gasteiger partial charge in [-0.3, -0.25) is 9.78 Å². The molecule has 6 heteroatoms. The molecule has 0 saturated heterocycles. The van der Waals surface area contributed by atoms with E-state index in [-0.39, 0.29) is 29.4 Å². The summed E-state index contributed by atoms with van der Waals surface area (Å²) in [5, 5.41) is 17.8. The van der Waals surface area contributed by atoms with E-state index in [4.69, 9.17) is 4.84 Å². The Hall–Kier alpha value is -2.21. The van der Waals surface area contributed by atoms with Gasteiger partial charge in [-0.15, -0.1) is 0 Å². The molecule has 178 valence electrons. The van der Waals surface area contributed by atoms with E-state index in [0.29, 0.717) is 18.4 Å². The molecule has 6 atom stereocenters. The smallest absolute Gasteiger partial charge is 0.261 e. The van der Waals surface area contributed by atoms with Crippen molar-refractivity contribution in [3.63, 3.8) is 0 Å². The summed E-state index contributed by atoms with van der Waals surface area (Å²) in [6.45, 7) is 5.20. The summed E-state index contributed by atoms with van der Waals surface area (Å²) in [7, 11) is 0. The highest BCUT2D eigenvalue weighted by Crippen LogP contribution is 2.65. The molecule has 3 fully saturated rings. The SMILES string of the molecule is C[C@]12CC[C@H]3[C@H](CCC4=CC(=NOCC(=O)NCc5ccncc5)CC[C@@]43C)[C@@H]1CC[C@@H]2O. The fourth-order valence-electron chi connectivity index (χ4n) is 7.54. The molecule has 0 bridgehead atoms. The Labute approximate surface area is 196 Å². The molecule has 1 aromatic rings. The molecule has 0 aromatic carbocycles. The van der Waals surface area contributed by atoms with Crippen molar-refractivity contribution in [1.82, 2.24) is 10.3 Å². The number of nitrogens with zero attached hydrogens (tertiary/aromatic N) is 2. The molecule has 1 heterocycles. The van der Waals surface area contributed by atoms with Crippen molar-refractivity contribution in [3.8, 4) is 0 Å². The van der Waals surface area contributed by atoms with Gasteiger partial charge in [-0.2, -0.15) is 0 Å². The Morgan fingerprint density at radius 1 is 1.15 bits per heavy atom. The van der Waals surface area contributed by atoms with Gasteiger partial charge in [0.2, 0.25) is 0 Å². The number of allylic oxidation sites excluding steroid dienone is 2. The van der Waals surface area contributed by atoms with Crippen LogP contribution in [-0.2, 0) is 16.2 Å². The van der Waals surface area contributed by atoms with E-state index in [0.717, 1.165) is 49.3 Å². The number of carbonyl (C=O) groups excluding carboxylic acids is 1. The summed E-state index contributed by atoms with van der Waals surface area (Å²) in [4.78, 5) is 21.5. The third-order valence-electron chi connectivity index (χ3n) is 9.54. The van der Waals surface area contributed by atoms with Crippen LogP contribution in [0.5, 0.6) is 0 Å². The summed E-state index contributed by atoms with van der Waals surface area (Å²) in [5.41, 5.74) is 3.85. The Bertz CT molecular complexity index is 945. The maximum absolute atomic E-state index is 12.1. The molecule has 33 heavy (non-hydrogen) atoms. The minimum Gasteiger partial charge on any atom is -0.393 e. The molecule has 6 nitrogen and oxygen atoms in total. The van der Waals surface area contributed by atoms with Crippen LogP contribution in [0.3, 0.4) is 0 Å². The van der Waals surface area contributed by atoms with Crippen LogP contribution in [0.2, 0.25) is 0 Å². The van der Waals surface area contributed by atoms with Crippen LogP contribution in [0.1, 0.15) is 70.8 Å². The van der Waals surface area contributed by atoms with Gasteiger partial charge in [0.15, 0.2) is 6.61 Å². The Balaban J connectivity index is 1.19. The predicted molar refractivity (Wildman–Crippen MR) is 127 cm³/mol. The average molecular weight is 452 g/mol.